The molecule has 0 aliphatic heterocycles. The molecule has 0 amide bonds. The van der Waals surface area contributed by atoms with Crippen LogP contribution in [0.15, 0.2) is 290 Å². The van der Waals surface area contributed by atoms with Crippen LogP contribution in [0.2, 0.25) is 0 Å². The van der Waals surface area contributed by atoms with E-state index in [-0.39, 0.29) is 45.6 Å². The standard InChI is InChI=1S/C21H25N3O.C19H19N3O3.C17H17N3O.C16H15N3O3.C15H10F3N3O.C15H13N3O3/c1-20(2,3)16-11-15(12-17(13-16)21(4,5)6)19-23-18(24-25-19)14-7-9-22-10-8-14;1-23-16-7-6-14(12-17(16)24-15-4-2-3-5-15)19-21-18(22-25-19)13-8-10-20-11-9-13;1-2-3-4-13-5-7-15(8-6-13)17-19-16(20-21-17)14-9-11-18-12-10-14;1-3-21-14-10-12(4-5-13(14)20-2)16-18-15(19-22-16)11-6-8-17-9-7-11;1-9-2-3-11(8-12(9)15(16,17)18)14-20-13(21-22-14)10-4-6-19-7-5-10;1-2-20-11-3-4-12(13(19)9-11)15-17-14(18-21-15)10-5-7-16-8-6-10/h7-13H,1-6H3;6-12,15H,2-5H2,1H3;5-12H,2-4H2,1H3;4-10H,3H2,1-2H3;2-8H,1H3;3-9,19H,2H2,1H3. The third-order valence-electron chi connectivity index (χ3n) is 21.1. The number of halogens is 3. The molecule has 33 heteroatoms. The molecule has 136 heavy (non-hydrogen) atoms. The molecule has 12 heterocycles. The number of ether oxygens (including phenoxy) is 5. The van der Waals surface area contributed by atoms with Crippen molar-refractivity contribution in [3.63, 3.8) is 0 Å². The Kier molecular flexibility index (Phi) is 31.8. The van der Waals surface area contributed by atoms with Gasteiger partial charge in [-0.3, -0.25) is 29.9 Å². The molecule has 1 aliphatic rings. The molecule has 0 bridgehead atoms. The van der Waals surface area contributed by atoms with E-state index in [9.17, 15) is 18.3 Å². The molecule has 19 rings (SSSR count). The topological polar surface area (TPSA) is 377 Å². The molecule has 0 saturated heterocycles. The zero-order valence-electron chi connectivity index (χ0n) is 76.9. The molecule has 694 valence electrons. The van der Waals surface area contributed by atoms with Crippen LogP contribution in [0.25, 0.3) is 137 Å². The quantitative estimate of drug-likeness (QED) is 0.0621. The number of aromatic nitrogens is 18. The SMILES string of the molecule is CC(C)(C)c1cc(-c2nc(-c3ccncc3)no2)cc(C(C)(C)C)c1.CCCCc1ccc(-c2nc(-c3ccncc3)no2)cc1.CCOc1cc(-c2nc(-c3ccncc3)no2)ccc1OC.CCOc1ccc(-c2nc(-c3ccncc3)no2)c(O)c1.COc1ccc(-c2nc(-c3ccncc3)no2)cc1OC1CCCC1.Cc1ccc(-c2nc(-c3ccncc3)no2)cc1C(F)(F)F. The molecule has 1 aliphatic carbocycles. The maximum absolute atomic E-state index is 12.9. The number of phenolic OH excluding ortho intramolecular Hbond substituents is 1. The Morgan fingerprint density at radius 3 is 1.07 bits per heavy atom. The lowest BCUT2D eigenvalue weighted by atomic mass is 9.79. The number of hydrogen-bond donors (Lipinski definition) is 1. The second kappa shape index (κ2) is 45.2. The van der Waals surface area contributed by atoms with Crippen molar-refractivity contribution >= 4 is 0 Å². The Labute approximate surface area is 782 Å². The minimum atomic E-state index is -4.42. The maximum atomic E-state index is 12.9. The highest BCUT2D eigenvalue weighted by Gasteiger charge is 2.34. The van der Waals surface area contributed by atoms with Gasteiger partial charge >= 0.3 is 6.18 Å². The van der Waals surface area contributed by atoms with E-state index in [1.165, 1.54) is 67.5 Å². The van der Waals surface area contributed by atoms with Crippen LogP contribution < -0.4 is 23.7 Å². The van der Waals surface area contributed by atoms with Gasteiger partial charge in [0.05, 0.1) is 44.7 Å². The summed E-state index contributed by atoms with van der Waals surface area (Å²) in [5.41, 5.74) is 12.6. The number of unbranched alkanes of at least 4 members (excludes halogenated alkanes) is 1. The van der Waals surface area contributed by atoms with E-state index >= 15 is 0 Å². The summed E-state index contributed by atoms with van der Waals surface area (Å²) in [6.45, 7) is 21.8. The molecule has 0 unspecified atom stereocenters. The molecule has 1 N–H and O–H groups in total. The molecule has 6 aromatic carbocycles. The number of hydrogen-bond acceptors (Lipinski definition) is 30. The van der Waals surface area contributed by atoms with Gasteiger partial charge in [-0.25, -0.2) is 0 Å². The Morgan fingerprint density at radius 2 is 0.699 bits per heavy atom. The van der Waals surface area contributed by atoms with Gasteiger partial charge < -0.3 is 55.9 Å². The van der Waals surface area contributed by atoms with Crippen LogP contribution in [0.1, 0.15) is 129 Å². The van der Waals surface area contributed by atoms with Gasteiger partial charge in [0, 0.05) is 142 Å². The van der Waals surface area contributed by atoms with Gasteiger partial charge in [0.25, 0.3) is 35.3 Å². The number of nitrogens with zero attached hydrogens (tertiary/aromatic N) is 18. The van der Waals surface area contributed by atoms with Crippen molar-refractivity contribution in [3.8, 4) is 172 Å². The number of benzene rings is 6. The lowest BCUT2D eigenvalue weighted by Gasteiger charge is -2.25. The predicted molar refractivity (Wildman–Crippen MR) is 504 cm³/mol. The van der Waals surface area contributed by atoms with Crippen LogP contribution in [0, 0.1) is 6.92 Å². The molecule has 0 spiro atoms. The van der Waals surface area contributed by atoms with Crippen LogP contribution in [-0.4, -0.2) is 129 Å². The van der Waals surface area contributed by atoms with E-state index in [4.69, 9.17) is 50.8 Å². The molecule has 0 atom stereocenters. The summed E-state index contributed by atoms with van der Waals surface area (Å²) in [7, 11) is 3.25. The molecule has 0 radical (unpaired) electrons. The lowest BCUT2D eigenvalue weighted by molar-refractivity contribution is -0.138. The van der Waals surface area contributed by atoms with Gasteiger partial charge in [-0.2, -0.15) is 43.1 Å². The number of alkyl halides is 3. The highest BCUT2D eigenvalue weighted by molar-refractivity contribution is 5.69. The summed E-state index contributed by atoms with van der Waals surface area (Å²) in [6.07, 6.45) is 24.1. The zero-order chi connectivity index (χ0) is 95.6. The molecular weight excluding hydrogens is 1740 g/mol. The van der Waals surface area contributed by atoms with Crippen molar-refractivity contribution in [3.05, 3.63) is 290 Å². The summed E-state index contributed by atoms with van der Waals surface area (Å²) in [4.78, 5) is 50.1. The van der Waals surface area contributed by atoms with Crippen LogP contribution in [0.3, 0.4) is 0 Å². The molecular formula is C103H99F3N18O12. The van der Waals surface area contributed by atoms with Gasteiger partial charge in [0.2, 0.25) is 34.9 Å². The second-order valence-corrected chi connectivity index (χ2v) is 32.9. The summed E-state index contributed by atoms with van der Waals surface area (Å²) >= 11 is 0. The molecule has 12 aromatic heterocycles. The minimum absolute atomic E-state index is 0.0332. The Morgan fingerprint density at radius 1 is 0.353 bits per heavy atom. The van der Waals surface area contributed by atoms with Gasteiger partial charge in [-0.15, -0.1) is 0 Å². The van der Waals surface area contributed by atoms with Gasteiger partial charge in [0.15, 0.2) is 23.0 Å². The number of aromatic hydroxyl groups is 1. The molecule has 18 aromatic rings. The minimum Gasteiger partial charge on any atom is -0.507 e. The Bertz CT molecular complexity index is 6780. The van der Waals surface area contributed by atoms with Gasteiger partial charge in [0.1, 0.15) is 11.5 Å². The first kappa shape index (κ1) is 95.7. The number of rotatable bonds is 23. The van der Waals surface area contributed by atoms with E-state index in [0.29, 0.717) is 106 Å². The summed E-state index contributed by atoms with van der Waals surface area (Å²) in [5.74, 6) is 8.58. The number of phenols is 1. The first-order valence-electron chi connectivity index (χ1n) is 43.9. The van der Waals surface area contributed by atoms with Crippen LogP contribution in [0.5, 0.6) is 34.5 Å². The highest BCUT2D eigenvalue weighted by Crippen LogP contribution is 2.41. The van der Waals surface area contributed by atoms with E-state index < -0.39 is 11.7 Å². The average Bonchev–Trinajstić information content (AvgIpc) is 0.959. The fourth-order valence-corrected chi connectivity index (χ4v) is 13.7. The van der Waals surface area contributed by atoms with Crippen molar-refractivity contribution in [2.75, 3.05) is 27.4 Å². The largest absolute Gasteiger partial charge is 0.507 e. The van der Waals surface area contributed by atoms with Gasteiger partial charge in [-0.1, -0.05) is 110 Å². The number of aryl methyl sites for hydroxylation is 2. The van der Waals surface area contributed by atoms with E-state index in [1.807, 2.05) is 111 Å². The van der Waals surface area contributed by atoms with E-state index in [0.717, 1.165) is 81.1 Å². The average molecular weight is 1840 g/mol. The maximum Gasteiger partial charge on any atom is 0.416 e. The van der Waals surface area contributed by atoms with Crippen molar-refractivity contribution in [2.24, 2.45) is 0 Å². The van der Waals surface area contributed by atoms with Gasteiger partial charge in [-0.05, 0) is 250 Å². The third-order valence-corrected chi connectivity index (χ3v) is 21.1. The molecule has 1 saturated carbocycles. The first-order chi connectivity index (χ1) is 65.9. The fraction of sp³-hybridized carbons (Fsp3) is 0.243. The summed E-state index contributed by atoms with van der Waals surface area (Å²) in [6, 6.07) is 56.7. The molecule has 30 nitrogen and oxygen atoms in total. The monoisotopic (exact) mass is 1840 g/mol. The van der Waals surface area contributed by atoms with E-state index in [2.05, 4.69) is 170 Å². The number of methoxy groups -OCH3 is 2. The van der Waals surface area contributed by atoms with Crippen molar-refractivity contribution in [1.82, 2.24) is 90.7 Å². The Hall–Kier alpha value is -16.4. The van der Waals surface area contributed by atoms with Crippen molar-refractivity contribution < 1.29 is 69.1 Å². The number of pyridine rings is 6. The normalized spacial score (nSPS) is 11.8. The smallest absolute Gasteiger partial charge is 0.416 e. The summed E-state index contributed by atoms with van der Waals surface area (Å²) in [5, 5.41) is 33.9. The third kappa shape index (κ3) is 25.5. The van der Waals surface area contributed by atoms with Crippen molar-refractivity contribution in [2.45, 2.75) is 137 Å². The fourth-order valence-electron chi connectivity index (χ4n) is 13.7. The molecule has 1 fully saturated rings. The van der Waals surface area contributed by atoms with Crippen LogP contribution in [-0.2, 0) is 23.4 Å². The Balaban J connectivity index is 0.000000131. The zero-order valence-corrected chi connectivity index (χ0v) is 76.9. The summed E-state index contributed by atoms with van der Waals surface area (Å²) < 4.78 is 98.4. The van der Waals surface area contributed by atoms with Crippen LogP contribution >= 0.6 is 0 Å². The lowest BCUT2D eigenvalue weighted by Crippen LogP contribution is -2.16. The second-order valence-electron chi connectivity index (χ2n) is 32.9. The highest BCUT2D eigenvalue weighted by atomic mass is 19.4. The van der Waals surface area contributed by atoms with E-state index in [1.54, 1.807) is 125 Å². The first-order valence-corrected chi connectivity index (χ1v) is 43.9. The van der Waals surface area contributed by atoms with Crippen LogP contribution in [0.4, 0.5) is 13.2 Å². The predicted octanol–water partition coefficient (Wildman–Crippen LogP) is 23.9. The van der Waals surface area contributed by atoms with Crippen molar-refractivity contribution in [1.29, 1.82) is 0 Å².